The van der Waals surface area contributed by atoms with Gasteiger partial charge in [-0.15, -0.1) is 5.10 Å². The molecule has 1 aromatic rings. The van der Waals surface area contributed by atoms with Crippen LogP contribution in [-0.2, 0) is 7.05 Å². The summed E-state index contributed by atoms with van der Waals surface area (Å²) in [4.78, 5) is 0. The van der Waals surface area contributed by atoms with Gasteiger partial charge in [-0.1, -0.05) is 0 Å². The van der Waals surface area contributed by atoms with Crippen molar-refractivity contribution in [2.45, 2.75) is 0 Å². The molecule has 1 aromatic heterocycles. The minimum absolute atomic E-state index is 0.825. The lowest BCUT2D eigenvalue weighted by Gasteiger charge is -1.87. The van der Waals surface area contributed by atoms with Crippen molar-refractivity contribution in [3.8, 4) is 0 Å². The van der Waals surface area contributed by atoms with Gasteiger partial charge >= 0.3 is 0 Å². The van der Waals surface area contributed by atoms with Crippen molar-refractivity contribution in [2.75, 3.05) is 0 Å². The lowest BCUT2D eigenvalue weighted by molar-refractivity contribution is 0.764. The Labute approximate surface area is 64.2 Å². The Morgan fingerprint density at radius 2 is 2.36 bits per heavy atom. The number of rotatable bonds is 1. The number of aromatic nitrogens is 2. The van der Waals surface area contributed by atoms with E-state index in [4.69, 9.17) is 0 Å². The molecular weight excluding hydrogens is 140 g/mol. The maximum Gasteiger partial charge on any atom is 0.115 e. The Balaban J connectivity index is 2.36. The van der Waals surface area contributed by atoms with Gasteiger partial charge in [0.1, 0.15) is 11.4 Å². The van der Waals surface area contributed by atoms with E-state index in [1.807, 2.05) is 25.4 Å². The number of allylic oxidation sites excluding steroid dienone is 1. The molecule has 0 atom stereocenters. The van der Waals surface area contributed by atoms with Gasteiger partial charge in [-0.3, -0.25) is 4.68 Å². The molecule has 2 rings (SSSR count). The van der Waals surface area contributed by atoms with E-state index in [2.05, 4.69) is 15.6 Å². The van der Waals surface area contributed by atoms with E-state index < -0.39 is 0 Å². The second-order valence-corrected chi connectivity index (χ2v) is 2.29. The zero-order valence-electron chi connectivity index (χ0n) is 6.10. The predicted molar refractivity (Wildman–Crippen MR) is 41.0 cm³/mol. The van der Waals surface area contributed by atoms with Crippen molar-refractivity contribution in [3.05, 3.63) is 30.2 Å². The molecule has 0 fully saturated rings. The van der Waals surface area contributed by atoms with E-state index in [0.717, 1.165) is 11.4 Å². The SMILES string of the molecule is Cn1ccc(C2=N[N]C=C2)n1. The van der Waals surface area contributed by atoms with Crippen LogP contribution in [0.15, 0.2) is 29.6 Å². The summed E-state index contributed by atoms with van der Waals surface area (Å²) in [6, 6.07) is 1.91. The first-order chi connectivity index (χ1) is 5.36. The fourth-order valence-electron chi connectivity index (χ4n) is 0.921. The van der Waals surface area contributed by atoms with Gasteiger partial charge in [-0.25, -0.2) is 0 Å². The fourth-order valence-corrected chi connectivity index (χ4v) is 0.921. The van der Waals surface area contributed by atoms with Crippen LogP contribution in [0.3, 0.4) is 0 Å². The molecule has 11 heavy (non-hydrogen) atoms. The van der Waals surface area contributed by atoms with Crippen molar-refractivity contribution >= 4 is 5.71 Å². The third-order valence-electron chi connectivity index (χ3n) is 1.44. The Morgan fingerprint density at radius 1 is 1.45 bits per heavy atom. The molecule has 4 heteroatoms. The second-order valence-electron chi connectivity index (χ2n) is 2.29. The molecule has 0 spiro atoms. The highest BCUT2D eigenvalue weighted by Gasteiger charge is 2.06. The van der Waals surface area contributed by atoms with Gasteiger partial charge in [0.15, 0.2) is 0 Å². The molecular formula is C7H7N4. The summed E-state index contributed by atoms with van der Waals surface area (Å²) >= 11 is 0. The van der Waals surface area contributed by atoms with E-state index in [9.17, 15) is 0 Å². The molecule has 0 aromatic carbocycles. The zero-order chi connectivity index (χ0) is 7.68. The van der Waals surface area contributed by atoms with Gasteiger partial charge in [0.05, 0.1) is 6.20 Å². The maximum atomic E-state index is 4.17. The van der Waals surface area contributed by atoms with Gasteiger partial charge in [0.2, 0.25) is 0 Å². The summed E-state index contributed by atoms with van der Waals surface area (Å²) in [5, 5.41) is 8.04. The van der Waals surface area contributed by atoms with Gasteiger partial charge in [0, 0.05) is 13.2 Å². The van der Waals surface area contributed by atoms with Crippen LogP contribution >= 0.6 is 0 Å². The lowest BCUT2D eigenvalue weighted by Crippen LogP contribution is -1.97. The Morgan fingerprint density at radius 3 is 2.91 bits per heavy atom. The average molecular weight is 147 g/mol. The topological polar surface area (TPSA) is 44.3 Å². The summed E-state index contributed by atoms with van der Waals surface area (Å²) < 4.78 is 1.74. The van der Waals surface area contributed by atoms with Crippen molar-refractivity contribution in [3.63, 3.8) is 0 Å². The minimum Gasteiger partial charge on any atom is -0.275 e. The van der Waals surface area contributed by atoms with Gasteiger partial charge in [-0.2, -0.15) is 10.5 Å². The highest BCUT2D eigenvalue weighted by Crippen LogP contribution is 2.01. The zero-order valence-corrected chi connectivity index (χ0v) is 6.10. The Bertz CT molecular complexity index is 321. The molecule has 0 amide bonds. The molecule has 1 aliphatic heterocycles. The van der Waals surface area contributed by atoms with Crippen LogP contribution in [0.4, 0.5) is 0 Å². The van der Waals surface area contributed by atoms with Crippen LogP contribution in [0.1, 0.15) is 5.69 Å². The number of nitrogens with zero attached hydrogens (tertiary/aromatic N) is 4. The van der Waals surface area contributed by atoms with E-state index >= 15 is 0 Å². The van der Waals surface area contributed by atoms with Crippen LogP contribution in [0.5, 0.6) is 0 Å². The van der Waals surface area contributed by atoms with Crippen molar-refractivity contribution in [2.24, 2.45) is 12.1 Å². The standard InChI is InChI=1S/C7H7N4/c1-11-5-3-7(10-11)6-2-4-8-9-6/h2-5H,1H3. The predicted octanol–water partition coefficient (Wildman–Crippen LogP) is 0.256. The van der Waals surface area contributed by atoms with E-state index in [-0.39, 0.29) is 0 Å². The van der Waals surface area contributed by atoms with Crippen molar-refractivity contribution in [1.29, 1.82) is 0 Å². The maximum absolute atomic E-state index is 4.17. The number of hydrogen-bond acceptors (Lipinski definition) is 2. The Kier molecular flexibility index (Phi) is 1.25. The van der Waals surface area contributed by atoms with Crippen molar-refractivity contribution < 1.29 is 0 Å². The fraction of sp³-hybridized carbons (Fsp3) is 0.143. The largest absolute Gasteiger partial charge is 0.275 e. The summed E-state index contributed by atoms with van der Waals surface area (Å²) in [5.41, 5.74) is 5.40. The molecule has 1 radical (unpaired) electrons. The minimum atomic E-state index is 0.825. The van der Waals surface area contributed by atoms with Crippen LogP contribution in [0.25, 0.3) is 0 Å². The van der Waals surface area contributed by atoms with E-state index in [1.165, 1.54) is 0 Å². The first-order valence-corrected chi connectivity index (χ1v) is 3.30. The third-order valence-corrected chi connectivity index (χ3v) is 1.44. The first kappa shape index (κ1) is 6.15. The molecule has 0 aliphatic carbocycles. The molecule has 0 saturated carbocycles. The smallest absolute Gasteiger partial charge is 0.115 e. The second kappa shape index (κ2) is 2.23. The number of aryl methyl sites for hydroxylation is 1. The molecule has 1 aliphatic rings. The molecule has 4 nitrogen and oxygen atoms in total. The molecule has 0 unspecified atom stereocenters. The highest BCUT2D eigenvalue weighted by molar-refractivity contribution is 6.07. The Hall–Kier alpha value is -1.58. The average Bonchev–Trinajstić information content (AvgIpc) is 2.55. The number of hydrogen-bond donors (Lipinski definition) is 0. The van der Waals surface area contributed by atoms with Gasteiger partial charge in [-0.05, 0) is 12.1 Å². The quantitative estimate of drug-likeness (QED) is 0.561. The monoisotopic (exact) mass is 147 g/mol. The van der Waals surface area contributed by atoms with Crippen LogP contribution in [0, 0.1) is 0 Å². The third kappa shape index (κ3) is 1.02. The normalized spacial score (nSPS) is 14.8. The van der Waals surface area contributed by atoms with Gasteiger partial charge in [0.25, 0.3) is 0 Å². The lowest BCUT2D eigenvalue weighted by atomic mass is 10.3. The summed E-state index contributed by atoms with van der Waals surface area (Å²) in [5.74, 6) is 0. The summed E-state index contributed by atoms with van der Waals surface area (Å²) in [7, 11) is 1.87. The van der Waals surface area contributed by atoms with E-state index in [1.54, 1.807) is 10.9 Å². The molecule has 0 saturated heterocycles. The summed E-state index contributed by atoms with van der Waals surface area (Å²) in [6.07, 6.45) is 5.37. The summed E-state index contributed by atoms with van der Waals surface area (Å²) in [6.45, 7) is 0. The molecule has 0 bridgehead atoms. The molecule has 55 valence electrons. The first-order valence-electron chi connectivity index (χ1n) is 3.30. The van der Waals surface area contributed by atoms with Crippen molar-refractivity contribution in [1.82, 2.24) is 15.2 Å². The van der Waals surface area contributed by atoms with Crippen LogP contribution in [0.2, 0.25) is 0 Å². The van der Waals surface area contributed by atoms with E-state index in [0.29, 0.717) is 0 Å². The van der Waals surface area contributed by atoms with Crippen LogP contribution < -0.4 is 5.43 Å². The highest BCUT2D eigenvalue weighted by atomic mass is 15.3. The van der Waals surface area contributed by atoms with Crippen LogP contribution in [-0.4, -0.2) is 15.5 Å². The molecule has 0 N–H and O–H groups in total. The molecule has 2 heterocycles. The van der Waals surface area contributed by atoms with Gasteiger partial charge < -0.3 is 0 Å².